The van der Waals surface area contributed by atoms with Crippen LogP contribution < -0.4 is 0 Å². The fourth-order valence-corrected chi connectivity index (χ4v) is 3.52. The number of hydrogen-bond acceptors (Lipinski definition) is 3. The lowest BCUT2D eigenvalue weighted by atomic mass is 9.97. The predicted octanol–water partition coefficient (Wildman–Crippen LogP) is 1.67. The van der Waals surface area contributed by atoms with Crippen LogP contribution in [0.2, 0.25) is 0 Å². The maximum absolute atomic E-state index is 9.64. The Morgan fingerprint density at radius 2 is 2.23 bits per heavy atom. The Kier molecular flexibility index (Phi) is 3.17. The van der Waals surface area contributed by atoms with Gasteiger partial charge in [-0.25, -0.2) is 0 Å². The number of rotatable bonds is 2. The minimum absolute atomic E-state index is 0.0792. The molecule has 76 valence electrons. The molecule has 2 heterocycles. The Morgan fingerprint density at radius 3 is 2.77 bits per heavy atom. The van der Waals surface area contributed by atoms with Gasteiger partial charge in [-0.15, -0.1) is 0 Å². The standard InChI is InChI=1S/C10H18O2S/c1-7-2-3-9(12-7)4-8-5-13-6-10(8)11/h7-11H,2-6H2,1H3. The minimum atomic E-state index is -0.0792. The third-order valence-electron chi connectivity index (χ3n) is 3.05. The van der Waals surface area contributed by atoms with Crippen LogP contribution in [0.15, 0.2) is 0 Å². The van der Waals surface area contributed by atoms with E-state index in [1.165, 1.54) is 12.8 Å². The molecule has 4 atom stereocenters. The van der Waals surface area contributed by atoms with Gasteiger partial charge in [0.05, 0.1) is 18.3 Å². The Bertz CT molecular complexity index is 174. The molecule has 0 aromatic heterocycles. The van der Waals surface area contributed by atoms with Gasteiger partial charge in [-0.3, -0.25) is 0 Å². The van der Waals surface area contributed by atoms with E-state index >= 15 is 0 Å². The molecule has 0 amide bonds. The van der Waals surface area contributed by atoms with E-state index in [9.17, 15) is 5.11 Å². The first kappa shape index (κ1) is 9.81. The van der Waals surface area contributed by atoms with Crippen molar-refractivity contribution < 1.29 is 9.84 Å². The highest BCUT2D eigenvalue weighted by atomic mass is 32.2. The van der Waals surface area contributed by atoms with Gasteiger partial charge >= 0.3 is 0 Å². The van der Waals surface area contributed by atoms with Gasteiger partial charge in [0.15, 0.2) is 0 Å². The van der Waals surface area contributed by atoms with Gasteiger partial charge in [0.1, 0.15) is 0 Å². The van der Waals surface area contributed by atoms with Gasteiger partial charge in [0, 0.05) is 5.75 Å². The molecule has 2 saturated heterocycles. The highest BCUT2D eigenvalue weighted by Crippen LogP contribution is 2.32. The lowest BCUT2D eigenvalue weighted by Crippen LogP contribution is -2.23. The van der Waals surface area contributed by atoms with Crippen molar-refractivity contribution in [1.29, 1.82) is 0 Å². The van der Waals surface area contributed by atoms with Gasteiger partial charge in [-0.05, 0) is 37.9 Å². The molecule has 2 rings (SSSR count). The van der Waals surface area contributed by atoms with E-state index < -0.39 is 0 Å². The topological polar surface area (TPSA) is 29.5 Å². The summed E-state index contributed by atoms with van der Waals surface area (Å²) in [6.07, 6.45) is 4.24. The molecule has 2 aliphatic rings. The third kappa shape index (κ3) is 2.39. The van der Waals surface area contributed by atoms with Crippen LogP contribution >= 0.6 is 11.8 Å². The van der Waals surface area contributed by atoms with Crippen LogP contribution in [0.5, 0.6) is 0 Å². The van der Waals surface area contributed by atoms with E-state index in [1.54, 1.807) is 0 Å². The highest BCUT2D eigenvalue weighted by molar-refractivity contribution is 7.99. The van der Waals surface area contributed by atoms with Crippen LogP contribution in [-0.4, -0.2) is 34.9 Å². The largest absolute Gasteiger partial charge is 0.392 e. The zero-order valence-corrected chi connectivity index (χ0v) is 8.93. The van der Waals surface area contributed by atoms with Crippen LogP contribution in [-0.2, 0) is 4.74 Å². The zero-order valence-electron chi connectivity index (χ0n) is 8.11. The average molecular weight is 202 g/mol. The van der Waals surface area contributed by atoms with Crippen molar-refractivity contribution in [2.45, 2.75) is 44.5 Å². The van der Waals surface area contributed by atoms with Gasteiger partial charge in [-0.1, -0.05) is 0 Å². The molecule has 0 spiro atoms. The lowest BCUT2D eigenvalue weighted by molar-refractivity contribution is 0.0275. The van der Waals surface area contributed by atoms with Crippen molar-refractivity contribution in [2.24, 2.45) is 5.92 Å². The van der Waals surface area contributed by atoms with Crippen molar-refractivity contribution in [1.82, 2.24) is 0 Å². The molecule has 1 N–H and O–H groups in total. The number of hydrogen-bond donors (Lipinski definition) is 1. The van der Waals surface area contributed by atoms with Crippen LogP contribution in [0.3, 0.4) is 0 Å². The summed E-state index contributed by atoms with van der Waals surface area (Å²) in [5, 5.41) is 9.64. The van der Waals surface area contributed by atoms with Crippen LogP contribution in [0.25, 0.3) is 0 Å². The summed E-state index contributed by atoms with van der Waals surface area (Å²) < 4.78 is 5.75. The second kappa shape index (κ2) is 4.20. The molecule has 2 aliphatic heterocycles. The van der Waals surface area contributed by atoms with Crippen molar-refractivity contribution in [3.05, 3.63) is 0 Å². The molecule has 2 nitrogen and oxygen atoms in total. The fraction of sp³-hybridized carbons (Fsp3) is 1.00. The second-order valence-electron chi connectivity index (χ2n) is 4.25. The molecule has 4 unspecified atom stereocenters. The molecule has 0 aliphatic carbocycles. The first-order chi connectivity index (χ1) is 6.25. The Morgan fingerprint density at radius 1 is 1.38 bits per heavy atom. The zero-order chi connectivity index (χ0) is 9.26. The van der Waals surface area contributed by atoms with E-state index in [4.69, 9.17) is 4.74 Å². The van der Waals surface area contributed by atoms with Crippen molar-refractivity contribution in [3.63, 3.8) is 0 Å². The minimum Gasteiger partial charge on any atom is -0.392 e. The fourth-order valence-electron chi connectivity index (χ4n) is 2.21. The third-order valence-corrected chi connectivity index (χ3v) is 4.29. The summed E-state index contributed by atoms with van der Waals surface area (Å²) >= 11 is 1.87. The lowest BCUT2D eigenvalue weighted by Gasteiger charge is -2.18. The summed E-state index contributed by atoms with van der Waals surface area (Å²) in [7, 11) is 0. The molecule has 2 fully saturated rings. The first-order valence-corrected chi connectivity index (χ1v) is 6.32. The molecular weight excluding hydrogens is 184 g/mol. The second-order valence-corrected chi connectivity index (χ2v) is 5.32. The molecule has 0 radical (unpaired) electrons. The quantitative estimate of drug-likeness (QED) is 0.738. The summed E-state index contributed by atoms with van der Waals surface area (Å²) in [6.45, 7) is 2.14. The normalized spacial score (nSPS) is 45.7. The average Bonchev–Trinajstić information content (AvgIpc) is 2.64. The first-order valence-electron chi connectivity index (χ1n) is 5.17. The van der Waals surface area contributed by atoms with Gasteiger partial charge < -0.3 is 9.84 Å². The Labute approximate surface area is 84.0 Å². The molecule has 0 aromatic carbocycles. The number of aliphatic hydroxyl groups excluding tert-OH is 1. The molecule has 0 aromatic rings. The Hall–Kier alpha value is 0.270. The van der Waals surface area contributed by atoms with Crippen LogP contribution in [0.1, 0.15) is 26.2 Å². The number of thioether (sulfide) groups is 1. The summed E-state index contributed by atoms with van der Waals surface area (Å²) in [5.74, 6) is 2.53. The predicted molar refractivity (Wildman–Crippen MR) is 55.0 cm³/mol. The van der Waals surface area contributed by atoms with Crippen LogP contribution in [0, 0.1) is 5.92 Å². The summed E-state index contributed by atoms with van der Waals surface area (Å²) in [4.78, 5) is 0. The van der Waals surface area contributed by atoms with Crippen LogP contribution in [0.4, 0.5) is 0 Å². The highest BCUT2D eigenvalue weighted by Gasteiger charge is 2.31. The van der Waals surface area contributed by atoms with E-state index in [-0.39, 0.29) is 6.10 Å². The smallest absolute Gasteiger partial charge is 0.0667 e. The van der Waals surface area contributed by atoms with E-state index in [1.807, 2.05) is 11.8 Å². The van der Waals surface area contributed by atoms with E-state index in [0.29, 0.717) is 18.1 Å². The molecule has 13 heavy (non-hydrogen) atoms. The molecular formula is C10H18O2S. The maximum Gasteiger partial charge on any atom is 0.0667 e. The van der Waals surface area contributed by atoms with E-state index in [0.717, 1.165) is 17.9 Å². The van der Waals surface area contributed by atoms with Crippen molar-refractivity contribution in [3.8, 4) is 0 Å². The number of aliphatic hydroxyl groups is 1. The van der Waals surface area contributed by atoms with Crippen molar-refractivity contribution >= 4 is 11.8 Å². The van der Waals surface area contributed by atoms with Gasteiger partial charge in [0.25, 0.3) is 0 Å². The van der Waals surface area contributed by atoms with E-state index in [2.05, 4.69) is 6.92 Å². The Balaban J connectivity index is 1.77. The molecule has 3 heteroatoms. The number of ether oxygens (including phenoxy) is 1. The molecule has 0 saturated carbocycles. The SMILES string of the molecule is CC1CCC(CC2CSCC2O)O1. The summed E-state index contributed by atoms with van der Waals surface area (Å²) in [6, 6.07) is 0. The monoisotopic (exact) mass is 202 g/mol. The van der Waals surface area contributed by atoms with Crippen molar-refractivity contribution in [2.75, 3.05) is 11.5 Å². The maximum atomic E-state index is 9.64. The van der Waals surface area contributed by atoms with Gasteiger partial charge in [-0.2, -0.15) is 11.8 Å². The molecule has 0 bridgehead atoms. The summed E-state index contributed by atoms with van der Waals surface area (Å²) in [5.41, 5.74) is 0. The van der Waals surface area contributed by atoms with Gasteiger partial charge in [0.2, 0.25) is 0 Å².